The van der Waals surface area contributed by atoms with Crippen LogP contribution in [0.4, 0.5) is 0 Å². The van der Waals surface area contributed by atoms with E-state index >= 15 is 0 Å². The molecule has 2 fully saturated rings. The molecule has 2 bridgehead atoms. The Bertz CT molecular complexity index is 101. The summed E-state index contributed by atoms with van der Waals surface area (Å²) in [6, 6.07) is 0. The molecule has 0 radical (unpaired) electrons. The highest BCUT2D eigenvalue weighted by molar-refractivity contribution is 4.99. The van der Waals surface area contributed by atoms with Crippen molar-refractivity contribution in [2.24, 2.45) is 11.7 Å². The third-order valence-corrected chi connectivity index (χ3v) is 2.80. The fourth-order valence-corrected chi connectivity index (χ4v) is 2.24. The van der Waals surface area contributed by atoms with Crippen LogP contribution in [0.5, 0.6) is 0 Å². The van der Waals surface area contributed by atoms with E-state index in [1.165, 1.54) is 32.1 Å². The zero-order chi connectivity index (χ0) is 5.61. The third kappa shape index (κ3) is 0.510. The Kier molecular flexibility index (Phi) is 0.762. The average Bonchev–Trinajstić information content (AvgIpc) is 2.21. The van der Waals surface area contributed by atoms with Gasteiger partial charge in [0, 0.05) is 5.54 Å². The van der Waals surface area contributed by atoms with E-state index < -0.39 is 0 Å². The highest BCUT2D eigenvalue weighted by atomic mass is 14.8. The summed E-state index contributed by atoms with van der Waals surface area (Å²) in [6.07, 6.45) is 6.76. The van der Waals surface area contributed by atoms with Crippen LogP contribution >= 0.6 is 0 Å². The van der Waals surface area contributed by atoms with Gasteiger partial charge in [-0.2, -0.15) is 0 Å². The summed E-state index contributed by atoms with van der Waals surface area (Å²) in [5, 5.41) is 0. The molecular formula is C7H13N. The molecule has 0 spiro atoms. The van der Waals surface area contributed by atoms with Crippen LogP contribution in [0.1, 0.15) is 32.1 Å². The average molecular weight is 111 g/mol. The van der Waals surface area contributed by atoms with E-state index in [-0.39, 0.29) is 0 Å². The predicted molar refractivity (Wildman–Crippen MR) is 33.5 cm³/mol. The van der Waals surface area contributed by atoms with E-state index in [1.54, 1.807) is 0 Å². The molecule has 0 aromatic carbocycles. The minimum absolute atomic E-state index is 0.310. The van der Waals surface area contributed by atoms with Gasteiger partial charge in [-0.1, -0.05) is 0 Å². The van der Waals surface area contributed by atoms with Crippen LogP contribution in [0.25, 0.3) is 0 Å². The van der Waals surface area contributed by atoms with Gasteiger partial charge in [0.15, 0.2) is 0 Å². The van der Waals surface area contributed by atoms with Crippen molar-refractivity contribution in [3.05, 3.63) is 0 Å². The third-order valence-electron chi connectivity index (χ3n) is 2.80. The second-order valence-corrected chi connectivity index (χ2v) is 3.51. The minimum atomic E-state index is 0.310. The van der Waals surface area contributed by atoms with Crippen LogP contribution in [0, 0.1) is 5.92 Å². The van der Waals surface area contributed by atoms with Crippen LogP contribution < -0.4 is 5.73 Å². The van der Waals surface area contributed by atoms with Gasteiger partial charge in [-0.05, 0) is 38.0 Å². The number of hydrogen-bond acceptors (Lipinski definition) is 1. The lowest BCUT2D eigenvalue weighted by Gasteiger charge is -2.19. The highest BCUT2D eigenvalue weighted by Gasteiger charge is 2.41. The predicted octanol–water partition coefficient (Wildman–Crippen LogP) is 1.28. The molecular weight excluding hydrogens is 98.1 g/mol. The summed E-state index contributed by atoms with van der Waals surface area (Å²) in [4.78, 5) is 0. The molecule has 46 valence electrons. The topological polar surface area (TPSA) is 26.0 Å². The van der Waals surface area contributed by atoms with Gasteiger partial charge in [-0.25, -0.2) is 0 Å². The van der Waals surface area contributed by atoms with E-state index in [4.69, 9.17) is 5.73 Å². The Hall–Kier alpha value is -0.0400. The second-order valence-electron chi connectivity index (χ2n) is 3.51. The lowest BCUT2D eigenvalue weighted by molar-refractivity contribution is 0.418. The molecule has 0 heterocycles. The van der Waals surface area contributed by atoms with Gasteiger partial charge in [-0.15, -0.1) is 0 Å². The van der Waals surface area contributed by atoms with E-state index in [1.807, 2.05) is 0 Å². The molecule has 0 aromatic heterocycles. The molecule has 2 N–H and O–H groups in total. The number of hydrogen-bond donors (Lipinski definition) is 1. The van der Waals surface area contributed by atoms with Crippen molar-refractivity contribution in [1.29, 1.82) is 0 Å². The minimum Gasteiger partial charge on any atom is -0.325 e. The van der Waals surface area contributed by atoms with Gasteiger partial charge in [0.05, 0.1) is 0 Å². The quantitative estimate of drug-likeness (QED) is 0.500. The van der Waals surface area contributed by atoms with Gasteiger partial charge in [-0.3, -0.25) is 0 Å². The lowest BCUT2D eigenvalue weighted by atomic mass is 9.95. The van der Waals surface area contributed by atoms with Crippen LogP contribution in [0.2, 0.25) is 0 Å². The monoisotopic (exact) mass is 111 g/mol. The van der Waals surface area contributed by atoms with Gasteiger partial charge in [0.2, 0.25) is 0 Å². The summed E-state index contributed by atoms with van der Waals surface area (Å²) in [5.41, 5.74) is 6.31. The summed E-state index contributed by atoms with van der Waals surface area (Å²) < 4.78 is 0. The summed E-state index contributed by atoms with van der Waals surface area (Å²) in [7, 11) is 0. The van der Waals surface area contributed by atoms with Crippen molar-refractivity contribution in [1.82, 2.24) is 0 Å². The normalized spacial score (nSPS) is 52.9. The van der Waals surface area contributed by atoms with E-state index in [2.05, 4.69) is 0 Å². The molecule has 1 nitrogen and oxygen atoms in total. The zero-order valence-electron chi connectivity index (χ0n) is 5.19. The first-order valence-corrected chi connectivity index (χ1v) is 3.57. The molecule has 2 rings (SSSR count). The maximum atomic E-state index is 6.00. The number of nitrogens with two attached hydrogens (primary N) is 1. The fraction of sp³-hybridized carbons (Fsp3) is 1.00. The molecule has 0 aliphatic heterocycles. The van der Waals surface area contributed by atoms with Crippen LogP contribution in [0.15, 0.2) is 0 Å². The fourth-order valence-electron chi connectivity index (χ4n) is 2.24. The summed E-state index contributed by atoms with van der Waals surface area (Å²) in [5.74, 6) is 1.01. The molecule has 2 aliphatic carbocycles. The molecule has 0 atom stereocenters. The smallest absolute Gasteiger partial charge is 0.0157 e. The number of fused-ring (bicyclic) bond motifs is 2. The molecule has 2 saturated carbocycles. The summed E-state index contributed by atoms with van der Waals surface area (Å²) >= 11 is 0. The Morgan fingerprint density at radius 3 is 2.00 bits per heavy atom. The van der Waals surface area contributed by atoms with Gasteiger partial charge < -0.3 is 5.73 Å². The maximum Gasteiger partial charge on any atom is 0.0157 e. The maximum absolute atomic E-state index is 6.00. The molecule has 0 aromatic rings. The first-order chi connectivity index (χ1) is 3.79. The van der Waals surface area contributed by atoms with Crippen molar-refractivity contribution in [3.63, 3.8) is 0 Å². The Morgan fingerprint density at radius 1 is 1.25 bits per heavy atom. The van der Waals surface area contributed by atoms with E-state index in [0.717, 1.165) is 5.92 Å². The van der Waals surface area contributed by atoms with Crippen molar-refractivity contribution in [3.8, 4) is 0 Å². The van der Waals surface area contributed by atoms with Gasteiger partial charge >= 0.3 is 0 Å². The van der Waals surface area contributed by atoms with Crippen LogP contribution in [-0.2, 0) is 0 Å². The lowest BCUT2D eigenvalue weighted by Crippen LogP contribution is -2.33. The molecule has 1 heteroatoms. The Morgan fingerprint density at radius 2 is 1.88 bits per heavy atom. The number of rotatable bonds is 0. The summed E-state index contributed by atoms with van der Waals surface area (Å²) in [6.45, 7) is 0. The molecule has 0 saturated heterocycles. The largest absolute Gasteiger partial charge is 0.325 e. The van der Waals surface area contributed by atoms with Crippen LogP contribution in [-0.4, -0.2) is 5.54 Å². The van der Waals surface area contributed by atoms with Crippen molar-refractivity contribution < 1.29 is 0 Å². The van der Waals surface area contributed by atoms with Crippen LogP contribution in [0.3, 0.4) is 0 Å². The van der Waals surface area contributed by atoms with Crippen molar-refractivity contribution in [2.45, 2.75) is 37.6 Å². The van der Waals surface area contributed by atoms with Crippen molar-refractivity contribution >= 4 is 0 Å². The van der Waals surface area contributed by atoms with E-state index in [0.29, 0.717) is 5.54 Å². The van der Waals surface area contributed by atoms with E-state index in [9.17, 15) is 0 Å². The van der Waals surface area contributed by atoms with Gasteiger partial charge in [0.25, 0.3) is 0 Å². The SMILES string of the molecule is NC12CCC(CC1)C2. The zero-order valence-corrected chi connectivity index (χ0v) is 5.19. The Labute approximate surface area is 50.3 Å². The standard InChI is InChI=1S/C7H13N/c8-7-3-1-6(5-7)2-4-7/h6H,1-5,8H2. The molecule has 0 unspecified atom stereocenters. The van der Waals surface area contributed by atoms with Crippen molar-refractivity contribution in [2.75, 3.05) is 0 Å². The molecule has 8 heavy (non-hydrogen) atoms. The highest BCUT2D eigenvalue weighted by Crippen LogP contribution is 2.45. The first kappa shape index (κ1) is 4.80. The molecule has 2 aliphatic rings. The second kappa shape index (κ2) is 1.27. The Balaban J connectivity index is 2.19. The molecule has 0 amide bonds. The first-order valence-electron chi connectivity index (χ1n) is 3.57. The van der Waals surface area contributed by atoms with Gasteiger partial charge in [0.1, 0.15) is 0 Å².